The van der Waals surface area contributed by atoms with Gasteiger partial charge in [0.1, 0.15) is 0 Å². The van der Waals surface area contributed by atoms with Crippen LogP contribution < -0.4 is 0 Å². The molecular formula is C6HCl13O3S. The summed E-state index contributed by atoms with van der Waals surface area (Å²) in [5.41, 5.74) is 0. The highest BCUT2D eigenvalue weighted by Crippen LogP contribution is 2.67. The van der Waals surface area contributed by atoms with E-state index in [1.54, 1.807) is 0 Å². The van der Waals surface area contributed by atoms with E-state index in [2.05, 4.69) is 4.18 Å². The minimum atomic E-state index is -5.12. The molecule has 0 aliphatic carbocycles. The van der Waals surface area contributed by atoms with Gasteiger partial charge >= 0.3 is 10.1 Å². The van der Waals surface area contributed by atoms with Crippen LogP contribution in [0.2, 0.25) is 0 Å². The standard InChI is InChI=1S/C6HCl13O3S/c7-1(8)22-23(20,21)6(18,19)4(13,14)2(9,10)3(11,12)5(15,16)17/h1H. The maximum atomic E-state index is 12.0. The fraction of sp³-hybridized carbons (Fsp3) is 1.00. The van der Waals surface area contributed by atoms with Crippen LogP contribution in [0.25, 0.3) is 0 Å². The highest BCUT2D eigenvalue weighted by atomic mass is 35.6. The van der Waals surface area contributed by atoms with E-state index in [0.29, 0.717) is 0 Å². The first-order valence-electron chi connectivity index (χ1n) is 4.46. The number of alkyl halides is 13. The molecule has 0 fully saturated rings. The Labute approximate surface area is 196 Å². The lowest BCUT2D eigenvalue weighted by atomic mass is 10.2. The maximum absolute atomic E-state index is 12.0. The quantitative estimate of drug-likeness (QED) is 0.237. The van der Waals surface area contributed by atoms with Crippen LogP contribution in [0.1, 0.15) is 0 Å². The first kappa shape index (κ1) is 26.7. The summed E-state index contributed by atoms with van der Waals surface area (Å²) in [5.74, 6) is 0. The molecule has 0 radical (unpaired) electrons. The van der Waals surface area contributed by atoms with Crippen molar-refractivity contribution in [2.75, 3.05) is 0 Å². The van der Waals surface area contributed by atoms with Gasteiger partial charge in [-0.3, -0.25) is 0 Å². The Kier molecular flexibility index (Phi) is 9.51. The zero-order chi connectivity index (χ0) is 19.3. The van der Waals surface area contributed by atoms with E-state index in [1.165, 1.54) is 0 Å². The Balaban J connectivity index is 6.25. The Bertz CT molecular complexity index is 532. The molecule has 0 saturated heterocycles. The topological polar surface area (TPSA) is 43.4 Å². The van der Waals surface area contributed by atoms with E-state index >= 15 is 0 Å². The fourth-order valence-electron chi connectivity index (χ4n) is 0.871. The predicted octanol–water partition coefficient (Wildman–Crippen LogP) is 7.12. The molecule has 0 rings (SSSR count). The summed E-state index contributed by atoms with van der Waals surface area (Å²) >= 11 is 73.2. The second kappa shape index (κ2) is 8.20. The summed E-state index contributed by atoms with van der Waals surface area (Å²) in [6, 6.07) is 0. The molecule has 0 aliphatic rings. The molecule has 0 bridgehead atoms. The molecule has 0 aromatic rings. The third-order valence-electron chi connectivity index (χ3n) is 2.02. The monoisotopic (exact) mass is 608 g/mol. The van der Waals surface area contributed by atoms with Crippen LogP contribution >= 0.6 is 151 Å². The van der Waals surface area contributed by atoms with Gasteiger partial charge in [-0.1, -0.05) is 151 Å². The third kappa shape index (κ3) is 5.00. The Morgan fingerprint density at radius 1 is 0.652 bits per heavy atom. The van der Waals surface area contributed by atoms with Crippen molar-refractivity contribution in [3.05, 3.63) is 0 Å². The Morgan fingerprint density at radius 2 is 1.00 bits per heavy atom. The van der Waals surface area contributed by atoms with Crippen LogP contribution in [0, 0.1) is 0 Å². The van der Waals surface area contributed by atoms with E-state index in [4.69, 9.17) is 151 Å². The van der Waals surface area contributed by atoms with Gasteiger partial charge in [-0.05, 0) is 0 Å². The smallest absolute Gasteiger partial charge is 0.231 e. The first-order chi connectivity index (χ1) is 9.67. The van der Waals surface area contributed by atoms with Gasteiger partial charge in [0.2, 0.25) is 17.5 Å². The second-order valence-electron chi connectivity index (χ2n) is 3.55. The summed E-state index contributed by atoms with van der Waals surface area (Å²) in [4.78, 5) is 0. The largest absolute Gasteiger partial charge is 0.307 e. The lowest BCUT2D eigenvalue weighted by Crippen LogP contribution is -2.63. The lowest BCUT2D eigenvalue weighted by Gasteiger charge is -2.47. The zero-order valence-electron chi connectivity index (χ0n) is 9.62. The van der Waals surface area contributed by atoms with Crippen LogP contribution in [0.3, 0.4) is 0 Å². The molecule has 0 spiro atoms. The molecular weight excluding hydrogens is 613 g/mol. The molecule has 23 heavy (non-hydrogen) atoms. The molecule has 0 atom stereocenters. The van der Waals surface area contributed by atoms with Crippen LogP contribution in [-0.2, 0) is 14.3 Å². The van der Waals surface area contributed by atoms with Gasteiger partial charge < -0.3 is 0 Å². The Hall–Kier alpha value is 3.68. The number of rotatable bonds is 6. The van der Waals surface area contributed by atoms with E-state index in [-0.39, 0.29) is 0 Å². The van der Waals surface area contributed by atoms with Crippen LogP contribution in [0.5, 0.6) is 0 Å². The third-order valence-corrected chi connectivity index (χ3v) is 11.7. The average Bonchev–Trinajstić information content (AvgIpc) is 2.24. The molecule has 0 aliphatic heterocycles. The predicted molar refractivity (Wildman–Crippen MR) is 104 cm³/mol. The van der Waals surface area contributed by atoms with E-state index in [0.717, 1.165) is 0 Å². The van der Waals surface area contributed by atoms with Gasteiger partial charge in [-0.15, -0.1) is 0 Å². The molecule has 3 nitrogen and oxygen atoms in total. The highest BCUT2D eigenvalue weighted by Gasteiger charge is 2.76. The SMILES string of the molecule is O=S(=O)(OC(Cl)Cl)C(Cl)(Cl)C(Cl)(Cl)C(Cl)(Cl)C(Cl)(Cl)C(Cl)(Cl)Cl. The van der Waals surface area contributed by atoms with Gasteiger partial charge in [0.25, 0.3) is 3.67 Å². The number of halogens is 13. The average molecular weight is 614 g/mol. The van der Waals surface area contributed by atoms with Crippen molar-refractivity contribution in [1.29, 1.82) is 0 Å². The number of hydrogen-bond donors (Lipinski definition) is 0. The van der Waals surface area contributed by atoms with Gasteiger partial charge in [0.05, 0.1) is 0 Å². The Morgan fingerprint density at radius 3 is 1.26 bits per heavy atom. The lowest BCUT2D eigenvalue weighted by molar-refractivity contribution is 0.340. The van der Waals surface area contributed by atoms with Crippen molar-refractivity contribution in [3.8, 4) is 0 Å². The van der Waals surface area contributed by atoms with Crippen LogP contribution in [0.15, 0.2) is 0 Å². The first-order valence-corrected chi connectivity index (χ1v) is 10.9. The van der Waals surface area contributed by atoms with Crippen LogP contribution in [-0.4, -0.2) is 33.9 Å². The van der Waals surface area contributed by atoms with Crippen molar-refractivity contribution in [1.82, 2.24) is 0 Å². The summed E-state index contributed by atoms with van der Waals surface area (Å²) in [5, 5.41) is -1.93. The van der Waals surface area contributed by atoms with Gasteiger partial charge in [0, 0.05) is 0 Å². The minimum absolute atomic E-state index is 1.93. The highest BCUT2D eigenvalue weighted by molar-refractivity contribution is 7.91. The molecule has 17 heteroatoms. The maximum Gasteiger partial charge on any atom is 0.307 e. The fourth-order valence-corrected chi connectivity index (χ4v) is 5.64. The van der Waals surface area contributed by atoms with Gasteiger partial charge in [-0.2, -0.15) is 8.42 Å². The van der Waals surface area contributed by atoms with E-state index in [1.807, 2.05) is 0 Å². The second-order valence-corrected chi connectivity index (χ2v) is 14.3. The zero-order valence-corrected chi connectivity index (χ0v) is 20.3. The van der Waals surface area contributed by atoms with Crippen molar-refractivity contribution in [3.63, 3.8) is 0 Å². The summed E-state index contributed by atoms with van der Waals surface area (Å²) < 4.78 is 13.3. The van der Waals surface area contributed by atoms with Crippen molar-refractivity contribution in [2.24, 2.45) is 0 Å². The molecule has 140 valence electrons. The molecule has 0 heterocycles. The van der Waals surface area contributed by atoms with E-state index < -0.39 is 35.6 Å². The molecule has 0 unspecified atom stereocenters. The van der Waals surface area contributed by atoms with Gasteiger partial charge in [-0.25, -0.2) is 4.18 Å². The molecule has 0 saturated carbocycles. The number of hydrogen-bond acceptors (Lipinski definition) is 3. The summed E-state index contributed by atoms with van der Waals surface area (Å²) in [7, 11) is -5.12. The molecule has 0 N–H and O–H groups in total. The normalized spacial score (nSPS) is 16.1. The molecule has 0 aromatic heterocycles. The van der Waals surface area contributed by atoms with E-state index in [9.17, 15) is 8.42 Å². The van der Waals surface area contributed by atoms with Crippen molar-refractivity contribution < 1.29 is 12.6 Å². The molecule has 0 amide bonds. The molecule has 0 aromatic carbocycles. The van der Waals surface area contributed by atoms with Crippen molar-refractivity contribution in [2.45, 2.75) is 25.5 Å². The minimum Gasteiger partial charge on any atom is -0.231 e. The summed E-state index contributed by atoms with van der Waals surface area (Å²) in [6.45, 7) is 0. The summed E-state index contributed by atoms with van der Waals surface area (Å²) in [6.07, 6.45) is 0. The van der Waals surface area contributed by atoms with Crippen LogP contribution in [0.4, 0.5) is 0 Å². The van der Waals surface area contributed by atoms with Crippen molar-refractivity contribution >= 4 is 161 Å². The van der Waals surface area contributed by atoms with Gasteiger partial charge in [0.15, 0.2) is 4.33 Å².